The Morgan fingerprint density at radius 1 is 1.56 bits per heavy atom. The van der Waals surface area contributed by atoms with Crippen molar-refractivity contribution in [1.82, 2.24) is 9.97 Å². The van der Waals surface area contributed by atoms with Gasteiger partial charge in [0.15, 0.2) is 0 Å². The highest BCUT2D eigenvalue weighted by Gasteiger charge is 2.23. The van der Waals surface area contributed by atoms with E-state index in [2.05, 4.69) is 23.8 Å². The third kappa shape index (κ3) is 1.88. The van der Waals surface area contributed by atoms with Crippen molar-refractivity contribution in [1.29, 1.82) is 0 Å². The fourth-order valence-corrected chi connectivity index (χ4v) is 2.72. The molecule has 5 heteroatoms. The number of H-pyrrole nitrogens is 1. The van der Waals surface area contributed by atoms with Crippen LogP contribution >= 0.6 is 11.3 Å². The van der Waals surface area contributed by atoms with Crippen molar-refractivity contribution in [2.45, 2.75) is 19.3 Å². The van der Waals surface area contributed by atoms with Gasteiger partial charge in [0.05, 0.1) is 18.3 Å². The number of nitrogens with one attached hydrogen (secondary N) is 1. The molecular formula is C11H14N2O2S. The normalized spacial score (nSPS) is 12.2. The molecule has 0 atom stereocenters. The van der Waals surface area contributed by atoms with Gasteiger partial charge in [-0.1, -0.05) is 13.8 Å². The van der Waals surface area contributed by atoms with E-state index in [0.717, 1.165) is 9.71 Å². The Morgan fingerprint density at radius 2 is 2.31 bits per heavy atom. The average Bonchev–Trinajstić information content (AvgIpc) is 2.63. The average molecular weight is 238 g/mol. The lowest BCUT2D eigenvalue weighted by Gasteiger charge is -2.21. The summed E-state index contributed by atoms with van der Waals surface area (Å²) in [6.07, 6.45) is 1.44. The molecule has 0 spiro atoms. The highest BCUT2D eigenvalue weighted by molar-refractivity contribution is 7.18. The van der Waals surface area contributed by atoms with E-state index in [1.54, 1.807) is 18.4 Å². The SMILES string of the molecule is COCC(C)(C)c1cc2c(=O)[nH]cnc2s1. The molecule has 0 amide bonds. The predicted octanol–water partition coefficient (Wildman–Crippen LogP) is 1.91. The number of nitrogens with zero attached hydrogens (tertiary/aromatic N) is 1. The van der Waals surface area contributed by atoms with Crippen molar-refractivity contribution in [2.75, 3.05) is 13.7 Å². The first-order valence-corrected chi connectivity index (χ1v) is 5.83. The Morgan fingerprint density at radius 3 is 2.94 bits per heavy atom. The van der Waals surface area contributed by atoms with Crippen molar-refractivity contribution in [3.8, 4) is 0 Å². The molecule has 0 fully saturated rings. The van der Waals surface area contributed by atoms with E-state index >= 15 is 0 Å². The lowest BCUT2D eigenvalue weighted by molar-refractivity contribution is 0.148. The minimum atomic E-state index is -0.0907. The van der Waals surface area contributed by atoms with E-state index in [9.17, 15) is 4.79 Å². The van der Waals surface area contributed by atoms with Gasteiger partial charge in [0.1, 0.15) is 4.83 Å². The van der Waals surface area contributed by atoms with E-state index in [0.29, 0.717) is 12.0 Å². The van der Waals surface area contributed by atoms with Crippen LogP contribution in [0.25, 0.3) is 10.2 Å². The van der Waals surface area contributed by atoms with Gasteiger partial charge in [-0.05, 0) is 6.07 Å². The summed E-state index contributed by atoms with van der Waals surface area (Å²) in [5.74, 6) is 0. The summed E-state index contributed by atoms with van der Waals surface area (Å²) in [5, 5.41) is 0.659. The molecule has 0 bridgehead atoms. The molecule has 0 saturated carbocycles. The zero-order valence-electron chi connectivity index (χ0n) is 9.53. The second-order valence-corrected chi connectivity index (χ2v) is 5.41. The van der Waals surface area contributed by atoms with Gasteiger partial charge >= 0.3 is 0 Å². The molecule has 2 heterocycles. The summed E-state index contributed by atoms with van der Waals surface area (Å²) >= 11 is 1.55. The Hall–Kier alpha value is -1.20. The fourth-order valence-electron chi connectivity index (χ4n) is 1.63. The van der Waals surface area contributed by atoms with Crippen LogP contribution in [0.15, 0.2) is 17.2 Å². The first-order chi connectivity index (χ1) is 7.54. The summed E-state index contributed by atoms with van der Waals surface area (Å²) in [6, 6.07) is 1.91. The molecule has 2 aromatic heterocycles. The molecule has 0 aliphatic carbocycles. The molecule has 2 aromatic rings. The molecule has 0 saturated heterocycles. The summed E-state index contributed by atoms with van der Waals surface area (Å²) in [7, 11) is 1.68. The Kier molecular flexibility index (Phi) is 2.82. The summed E-state index contributed by atoms with van der Waals surface area (Å²) in [6.45, 7) is 4.81. The molecule has 16 heavy (non-hydrogen) atoms. The maximum absolute atomic E-state index is 11.6. The summed E-state index contributed by atoms with van der Waals surface area (Å²) in [4.78, 5) is 20.2. The van der Waals surface area contributed by atoms with E-state index in [1.807, 2.05) is 6.07 Å². The number of methoxy groups -OCH3 is 1. The highest BCUT2D eigenvalue weighted by Crippen LogP contribution is 2.32. The first-order valence-electron chi connectivity index (χ1n) is 5.01. The number of rotatable bonds is 3. The minimum Gasteiger partial charge on any atom is -0.384 e. The van der Waals surface area contributed by atoms with Gasteiger partial charge < -0.3 is 9.72 Å². The molecule has 0 aliphatic heterocycles. The maximum Gasteiger partial charge on any atom is 0.259 e. The van der Waals surface area contributed by atoms with Crippen molar-refractivity contribution < 1.29 is 4.74 Å². The maximum atomic E-state index is 11.6. The van der Waals surface area contributed by atoms with Gasteiger partial charge in [0.25, 0.3) is 5.56 Å². The zero-order valence-corrected chi connectivity index (χ0v) is 10.4. The Bertz CT molecular complexity index is 556. The lowest BCUT2D eigenvalue weighted by Crippen LogP contribution is -2.22. The quantitative estimate of drug-likeness (QED) is 0.888. The Balaban J connectivity index is 2.55. The first kappa shape index (κ1) is 11.3. The highest BCUT2D eigenvalue weighted by atomic mass is 32.1. The van der Waals surface area contributed by atoms with E-state index in [-0.39, 0.29) is 11.0 Å². The van der Waals surface area contributed by atoms with Gasteiger partial charge in [-0.15, -0.1) is 11.3 Å². The number of hydrogen-bond donors (Lipinski definition) is 1. The second-order valence-electron chi connectivity index (χ2n) is 4.38. The van der Waals surface area contributed by atoms with Gasteiger partial charge in [-0.2, -0.15) is 0 Å². The third-order valence-electron chi connectivity index (χ3n) is 2.51. The van der Waals surface area contributed by atoms with Crippen molar-refractivity contribution >= 4 is 21.6 Å². The number of hydrogen-bond acceptors (Lipinski definition) is 4. The van der Waals surface area contributed by atoms with Crippen LogP contribution in [-0.4, -0.2) is 23.7 Å². The monoisotopic (exact) mass is 238 g/mol. The number of aromatic nitrogens is 2. The molecule has 0 unspecified atom stereocenters. The topological polar surface area (TPSA) is 55.0 Å². The molecule has 0 radical (unpaired) electrons. The molecular weight excluding hydrogens is 224 g/mol. The van der Waals surface area contributed by atoms with Crippen LogP contribution in [0, 0.1) is 0 Å². The number of thiophene rings is 1. The molecule has 0 aromatic carbocycles. The molecule has 1 N–H and O–H groups in total. The molecule has 86 valence electrons. The second kappa shape index (κ2) is 3.99. The minimum absolute atomic E-state index is 0.0827. The number of aromatic amines is 1. The van der Waals surface area contributed by atoms with Gasteiger partial charge in [-0.25, -0.2) is 4.98 Å². The van der Waals surface area contributed by atoms with Crippen LogP contribution in [-0.2, 0) is 10.2 Å². The van der Waals surface area contributed by atoms with Crippen molar-refractivity contribution in [3.05, 3.63) is 27.6 Å². The van der Waals surface area contributed by atoms with Crippen LogP contribution in [0.4, 0.5) is 0 Å². The van der Waals surface area contributed by atoms with Gasteiger partial charge in [0.2, 0.25) is 0 Å². The van der Waals surface area contributed by atoms with E-state index in [4.69, 9.17) is 4.74 Å². The Labute approximate surface area is 97.3 Å². The van der Waals surface area contributed by atoms with Gasteiger partial charge in [-0.3, -0.25) is 4.79 Å². The largest absolute Gasteiger partial charge is 0.384 e. The summed E-state index contributed by atoms with van der Waals surface area (Å²) < 4.78 is 5.19. The van der Waals surface area contributed by atoms with Gasteiger partial charge in [0, 0.05) is 17.4 Å². The van der Waals surface area contributed by atoms with Crippen LogP contribution in [0.2, 0.25) is 0 Å². The molecule has 0 aliphatic rings. The van der Waals surface area contributed by atoms with Crippen LogP contribution in [0.1, 0.15) is 18.7 Å². The van der Waals surface area contributed by atoms with Crippen LogP contribution in [0.5, 0.6) is 0 Å². The number of fused-ring (bicyclic) bond motifs is 1. The van der Waals surface area contributed by atoms with Crippen LogP contribution in [0.3, 0.4) is 0 Å². The fraction of sp³-hybridized carbons (Fsp3) is 0.455. The van der Waals surface area contributed by atoms with Crippen LogP contribution < -0.4 is 5.56 Å². The zero-order chi connectivity index (χ0) is 11.8. The third-order valence-corrected chi connectivity index (χ3v) is 3.92. The standard InChI is InChI=1S/C11H14N2O2S/c1-11(2,5-15-3)8-4-7-9(14)12-6-13-10(7)16-8/h4,6H,5H2,1-3H3,(H,12,13,14). The summed E-state index contributed by atoms with van der Waals surface area (Å²) in [5.41, 5.74) is -0.173. The molecule has 2 rings (SSSR count). The van der Waals surface area contributed by atoms with E-state index < -0.39 is 0 Å². The smallest absolute Gasteiger partial charge is 0.259 e. The lowest BCUT2D eigenvalue weighted by atomic mass is 9.92. The van der Waals surface area contributed by atoms with E-state index in [1.165, 1.54) is 6.33 Å². The molecule has 4 nitrogen and oxygen atoms in total. The predicted molar refractivity (Wildman–Crippen MR) is 65.1 cm³/mol. The van der Waals surface area contributed by atoms with Crippen molar-refractivity contribution in [2.24, 2.45) is 0 Å². The van der Waals surface area contributed by atoms with Crippen molar-refractivity contribution in [3.63, 3.8) is 0 Å². The number of ether oxygens (including phenoxy) is 1.